The molecule has 0 unspecified atom stereocenters. The number of hydrogen-bond acceptors (Lipinski definition) is 3. The average Bonchev–Trinajstić information content (AvgIpc) is 2.37. The van der Waals surface area contributed by atoms with Crippen molar-refractivity contribution in [3.8, 4) is 11.1 Å². The summed E-state index contributed by atoms with van der Waals surface area (Å²) in [7, 11) is 1.29. The van der Waals surface area contributed by atoms with Crippen LogP contribution in [0.2, 0.25) is 0 Å². The second-order valence-corrected chi connectivity index (χ2v) is 3.80. The van der Waals surface area contributed by atoms with E-state index in [2.05, 4.69) is 4.74 Å². The van der Waals surface area contributed by atoms with E-state index >= 15 is 0 Å². The van der Waals surface area contributed by atoms with Gasteiger partial charge in [-0.15, -0.1) is 0 Å². The van der Waals surface area contributed by atoms with Crippen molar-refractivity contribution >= 4 is 11.7 Å². The highest BCUT2D eigenvalue weighted by atomic mass is 19.1. The second kappa shape index (κ2) is 4.87. The van der Waals surface area contributed by atoms with Crippen LogP contribution in [0.5, 0.6) is 0 Å². The third kappa shape index (κ3) is 2.32. The summed E-state index contributed by atoms with van der Waals surface area (Å²) in [4.78, 5) is 11.4. The summed E-state index contributed by atoms with van der Waals surface area (Å²) < 4.78 is 17.7. The second-order valence-electron chi connectivity index (χ2n) is 3.80. The smallest absolute Gasteiger partial charge is 0.339 e. The zero-order valence-corrected chi connectivity index (χ0v) is 9.81. The lowest BCUT2D eigenvalue weighted by Gasteiger charge is -2.07. The first-order chi connectivity index (χ1) is 8.61. The van der Waals surface area contributed by atoms with E-state index in [0.717, 1.165) is 5.56 Å². The molecule has 0 amide bonds. The Hall–Kier alpha value is -2.36. The Morgan fingerprint density at radius 1 is 1.17 bits per heavy atom. The molecular weight excluding hydrogens is 233 g/mol. The highest BCUT2D eigenvalue weighted by molar-refractivity contribution is 5.96. The molecule has 0 spiro atoms. The van der Waals surface area contributed by atoms with Gasteiger partial charge in [-0.2, -0.15) is 0 Å². The fourth-order valence-corrected chi connectivity index (χ4v) is 1.71. The number of anilines is 1. The third-order valence-corrected chi connectivity index (χ3v) is 2.61. The quantitative estimate of drug-likeness (QED) is 0.653. The van der Waals surface area contributed by atoms with Gasteiger partial charge in [0.15, 0.2) is 0 Å². The monoisotopic (exact) mass is 245 g/mol. The Kier molecular flexibility index (Phi) is 3.28. The van der Waals surface area contributed by atoms with Gasteiger partial charge in [-0.1, -0.05) is 18.2 Å². The van der Waals surface area contributed by atoms with Gasteiger partial charge in [-0.3, -0.25) is 0 Å². The number of nitrogens with two attached hydrogens (primary N) is 1. The molecule has 0 aliphatic carbocycles. The maximum atomic E-state index is 13.1. The molecule has 2 N–H and O–H groups in total. The van der Waals surface area contributed by atoms with Gasteiger partial charge >= 0.3 is 5.97 Å². The van der Waals surface area contributed by atoms with Crippen molar-refractivity contribution in [3.63, 3.8) is 0 Å². The summed E-state index contributed by atoms with van der Waals surface area (Å²) in [6.45, 7) is 0. The van der Waals surface area contributed by atoms with E-state index in [0.29, 0.717) is 16.8 Å². The Bertz CT molecular complexity index is 596. The topological polar surface area (TPSA) is 52.3 Å². The summed E-state index contributed by atoms with van der Waals surface area (Å²) in [6, 6.07) is 11.1. The van der Waals surface area contributed by atoms with Crippen LogP contribution in [0.4, 0.5) is 10.1 Å². The minimum absolute atomic E-state index is 0.303. The summed E-state index contributed by atoms with van der Waals surface area (Å²) in [5, 5.41) is 0. The number of benzene rings is 2. The largest absolute Gasteiger partial charge is 0.465 e. The molecule has 0 aliphatic heterocycles. The standard InChI is InChI=1S/C14H12FNO2/c1-18-14(17)12-6-5-10(8-13(12)16)9-3-2-4-11(15)7-9/h2-8H,16H2,1H3. The minimum atomic E-state index is -0.488. The van der Waals surface area contributed by atoms with Gasteiger partial charge in [-0.05, 0) is 35.4 Å². The van der Waals surface area contributed by atoms with E-state index in [9.17, 15) is 9.18 Å². The number of ether oxygens (including phenoxy) is 1. The first kappa shape index (κ1) is 12.1. The minimum Gasteiger partial charge on any atom is -0.465 e. The lowest BCUT2D eigenvalue weighted by atomic mass is 10.0. The van der Waals surface area contributed by atoms with Crippen molar-refractivity contribution in [1.82, 2.24) is 0 Å². The number of halogens is 1. The van der Waals surface area contributed by atoms with Crippen LogP contribution in [0.25, 0.3) is 11.1 Å². The highest BCUT2D eigenvalue weighted by Crippen LogP contribution is 2.24. The predicted molar refractivity (Wildman–Crippen MR) is 67.6 cm³/mol. The van der Waals surface area contributed by atoms with Crippen molar-refractivity contribution in [2.24, 2.45) is 0 Å². The summed E-state index contributed by atoms with van der Waals surface area (Å²) in [5.41, 5.74) is 7.85. The lowest BCUT2D eigenvalue weighted by molar-refractivity contribution is 0.0602. The fourth-order valence-electron chi connectivity index (χ4n) is 1.71. The van der Waals surface area contributed by atoms with Crippen LogP contribution < -0.4 is 5.73 Å². The van der Waals surface area contributed by atoms with Crippen LogP contribution in [-0.4, -0.2) is 13.1 Å². The Morgan fingerprint density at radius 3 is 2.50 bits per heavy atom. The molecule has 0 atom stereocenters. The molecule has 92 valence electrons. The first-order valence-electron chi connectivity index (χ1n) is 5.35. The summed E-state index contributed by atoms with van der Waals surface area (Å²) >= 11 is 0. The molecule has 0 bridgehead atoms. The molecule has 18 heavy (non-hydrogen) atoms. The molecule has 0 saturated heterocycles. The van der Waals surface area contributed by atoms with Crippen molar-refractivity contribution in [2.75, 3.05) is 12.8 Å². The summed E-state index contributed by atoms with van der Waals surface area (Å²) in [5.74, 6) is -0.804. The number of rotatable bonds is 2. The Labute approximate surface area is 104 Å². The van der Waals surface area contributed by atoms with Gasteiger partial charge < -0.3 is 10.5 Å². The molecular formula is C14H12FNO2. The number of nitrogen functional groups attached to an aromatic ring is 1. The molecule has 2 aromatic carbocycles. The maximum absolute atomic E-state index is 13.1. The zero-order chi connectivity index (χ0) is 13.1. The number of carbonyl (C=O) groups excluding carboxylic acids is 1. The van der Waals surface area contributed by atoms with Gasteiger partial charge in [0.25, 0.3) is 0 Å². The number of esters is 1. The Morgan fingerprint density at radius 2 is 1.89 bits per heavy atom. The van der Waals surface area contributed by atoms with Crippen LogP contribution in [0.15, 0.2) is 42.5 Å². The average molecular weight is 245 g/mol. The van der Waals surface area contributed by atoms with E-state index < -0.39 is 5.97 Å². The molecule has 0 radical (unpaired) electrons. The molecule has 0 aromatic heterocycles. The molecule has 0 fully saturated rings. The molecule has 2 rings (SSSR count). The van der Waals surface area contributed by atoms with Crippen LogP contribution >= 0.6 is 0 Å². The third-order valence-electron chi connectivity index (χ3n) is 2.61. The van der Waals surface area contributed by atoms with Gasteiger partial charge in [-0.25, -0.2) is 9.18 Å². The van der Waals surface area contributed by atoms with E-state index in [1.807, 2.05) is 0 Å². The zero-order valence-electron chi connectivity index (χ0n) is 9.81. The normalized spacial score (nSPS) is 10.1. The van der Waals surface area contributed by atoms with Gasteiger partial charge in [0.05, 0.1) is 12.7 Å². The van der Waals surface area contributed by atoms with Crippen molar-refractivity contribution in [3.05, 3.63) is 53.8 Å². The van der Waals surface area contributed by atoms with E-state index in [-0.39, 0.29) is 5.82 Å². The molecule has 0 saturated carbocycles. The van der Waals surface area contributed by atoms with Crippen molar-refractivity contribution in [2.45, 2.75) is 0 Å². The Balaban J connectivity index is 2.43. The number of hydrogen-bond donors (Lipinski definition) is 1. The van der Waals surface area contributed by atoms with Crippen LogP contribution in [0, 0.1) is 5.82 Å². The van der Waals surface area contributed by atoms with Crippen LogP contribution in [0.3, 0.4) is 0 Å². The maximum Gasteiger partial charge on any atom is 0.339 e. The van der Waals surface area contributed by atoms with Gasteiger partial charge in [0.1, 0.15) is 5.82 Å². The van der Waals surface area contributed by atoms with Crippen LogP contribution in [-0.2, 0) is 4.74 Å². The van der Waals surface area contributed by atoms with Crippen molar-refractivity contribution in [1.29, 1.82) is 0 Å². The molecule has 2 aromatic rings. The van der Waals surface area contributed by atoms with E-state index in [4.69, 9.17) is 5.73 Å². The molecule has 0 aliphatic rings. The van der Waals surface area contributed by atoms with Crippen molar-refractivity contribution < 1.29 is 13.9 Å². The van der Waals surface area contributed by atoms with E-state index in [1.165, 1.54) is 19.2 Å². The number of carbonyl (C=O) groups is 1. The number of methoxy groups -OCH3 is 1. The van der Waals surface area contributed by atoms with Crippen LogP contribution in [0.1, 0.15) is 10.4 Å². The molecule has 0 heterocycles. The predicted octanol–water partition coefficient (Wildman–Crippen LogP) is 2.86. The highest BCUT2D eigenvalue weighted by Gasteiger charge is 2.10. The SMILES string of the molecule is COC(=O)c1ccc(-c2cccc(F)c2)cc1N. The summed E-state index contributed by atoms with van der Waals surface area (Å²) in [6.07, 6.45) is 0. The molecule has 3 nitrogen and oxygen atoms in total. The fraction of sp³-hybridized carbons (Fsp3) is 0.0714. The first-order valence-corrected chi connectivity index (χ1v) is 5.35. The van der Waals surface area contributed by atoms with Gasteiger partial charge in [0.2, 0.25) is 0 Å². The van der Waals surface area contributed by atoms with E-state index in [1.54, 1.807) is 30.3 Å². The molecule has 4 heteroatoms. The van der Waals surface area contributed by atoms with Gasteiger partial charge in [0, 0.05) is 5.69 Å². The lowest BCUT2D eigenvalue weighted by Crippen LogP contribution is -2.05.